The first-order valence-corrected chi connectivity index (χ1v) is 20.0. The summed E-state index contributed by atoms with van der Waals surface area (Å²) in [5.74, 6) is -5.90. The molecule has 58 heavy (non-hydrogen) atoms. The lowest BCUT2D eigenvalue weighted by Crippen LogP contribution is -2.62. The van der Waals surface area contributed by atoms with Gasteiger partial charge in [-0.25, -0.2) is 14.0 Å². The van der Waals surface area contributed by atoms with Crippen molar-refractivity contribution in [1.82, 2.24) is 15.2 Å². The molecule has 0 radical (unpaired) electrons. The Morgan fingerprint density at radius 1 is 1.09 bits per heavy atom. The number of rotatable bonds is 10. The van der Waals surface area contributed by atoms with Crippen LogP contribution in [-0.4, -0.2) is 133 Å². The molecule has 0 bridgehead atoms. The number of ketones is 2. The Morgan fingerprint density at radius 3 is 2.47 bits per heavy atom. The van der Waals surface area contributed by atoms with Gasteiger partial charge in [-0.05, 0) is 71.8 Å². The monoisotopic (exact) mass is 813 g/mol. The van der Waals surface area contributed by atoms with E-state index >= 15 is 4.39 Å². The Balaban J connectivity index is 1.41. The number of Topliss-reactive ketones (excluding diaryl/α,β-unsaturated/α-hetero) is 2. The summed E-state index contributed by atoms with van der Waals surface area (Å²) in [7, 11) is 5.00. The number of methoxy groups -OCH3 is 1. The topological polar surface area (TPSA) is 172 Å². The van der Waals surface area contributed by atoms with Crippen molar-refractivity contribution >= 4 is 40.6 Å². The maximum atomic E-state index is 16.7. The van der Waals surface area contributed by atoms with E-state index in [1.807, 2.05) is 61.5 Å². The highest BCUT2D eigenvalue weighted by Crippen LogP contribution is 2.41. The number of aliphatic hydroxyl groups is 1. The van der Waals surface area contributed by atoms with Crippen molar-refractivity contribution in [3.63, 3.8) is 0 Å². The van der Waals surface area contributed by atoms with Crippen LogP contribution in [0.15, 0.2) is 42.6 Å². The van der Waals surface area contributed by atoms with Crippen LogP contribution in [0.4, 0.5) is 9.18 Å². The average Bonchev–Trinajstić information content (AvgIpc) is 3.51. The highest BCUT2D eigenvalue weighted by molar-refractivity contribution is 6.08. The number of pyridine rings is 1. The number of hydrogen-bond acceptors (Lipinski definition) is 13. The highest BCUT2D eigenvalue weighted by atomic mass is 19.1. The van der Waals surface area contributed by atoms with Crippen LogP contribution in [0.5, 0.6) is 0 Å². The van der Waals surface area contributed by atoms with Crippen LogP contribution in [0.25, 0.3) is 17.0 Å². The molecule has 3 saturated heterocycles. The summed E-state index contributed by atoms with van der Waals surface area (Å²) >= 11 is 0. The van der Waals surface area contributed by atoms with Crippen molar-refractivity contribution in [3.8, 4) is 0 Å². The van der Waals surface area contributed by atoms with Gasteiger partial charge in [-0.15, -0.1) is 0 Å². The number of fused-ring (bicyclic) bond motifs is 2. The molecule has 15 heteroatoms. The number of para-hydroxylation sites is 1. The summed E-state index contributed by atoms with van der Waals surface area (Å²) in [6.45, 7) is 10.8. The van der Waals surface area contributed by atoms with Crippen LogP contribution in [0.2, 0.25) is 0 Å². The van der Waals surface area contributed by atoms with E-state index in [2.05, 4.69) is 10.3 Å². The molecule has 3 unspecified atom stereocenters. The highest BCUT2D eigenvalue weighted by Gasteiger charge is 2.59. The smallest absolute Gasteiger partial charge is 0.408 e. The minimum Gasteiger partial charge on any atom is -0.455 e. The van der Waals surface area contributed by atoms with Gasteiger partial charge in [0.15, 0.2) is 17.7 Å². The normalized spacial score (nSPS) is 38.0. The molecule has 0 aliphatic carbocycles. The molecule has 2 aromatic rings. The third kappa shape index (κ3) is 9.29. The van der Waals surface area contributed by atoms with Crippen LogP contribution in [-0.2, 0) is 42.8 Å². The van der Waals surface area contributed by atoms with E-state index in [9.17, 15) is 24.3 Å². The van der Waals surface area contributed by atoms with Gasteiger partial charge in [0.1, 0.15) is 18.0 Å². The van der Waals surface area contributed by atoms with Crippen molar-refractivity contribution in [2.24, 2.45) is 17.8 Å². The van der Waals surface area contributed by atoms with E-state index in [0.29, 0.717) is 6.42 Å². The van der Waals surface area contributed by atoms with E-state index in [0.717, 1.165) is 23.4 Å². The number of aliphatic hydroxyl groups excluding tert-OH is 1. The number of amides is 1. The molecule has 14 nitrogen and oxygen atoms in total. The molecule has 320 valence electrons. The summed E-state index contributed by atoms with van der Waals surface area (Å²) in [5, 5.41) is 15.4. The Kier molecular flexibility index (Phi) is 14.2. The number of esters is 1. The maximum absolute atomic E-state index is 16.7. The fraction of sp³-hybridized carbons (Fsp3) is 0.651. The zero-order valence-corrected chi connectivity index (χ0v) is 35.2. The minimum absolute atomic E-state index is 0.0244. The van der Waals surface area contributed by atoms with Crippen LogP contribution in [0.1, 0.15) is 73.3 Å². The van der Waals surface area contributed by atoms with Crippen molar-refractivity contribution in [2.75, 3.05) is 34.4 Å². The lowest BCUT2D eigenvalue weighted by molar-refractivity contribution is -0.301. The van der Waals surface area contributed by atoms with E-state index in [-0.39, 0.29) is 31.8 Å². The van der Waals surface area contributed by atoms with Crippen molar-refractivity contribution in [2.45, 2.75) is 127 Å². The molecular formula is C43H60FN3O11. The van der Waals surface area contributed by atoms with Gasteiger partial charge in [-0.2, -0.15) is 0 Å². The number of ether oxygens (including phenoxy) is 6. The number of carbonyl (C=O) groups excluding carboxylic acids is 4. The van der Waals surface area contributed by atoms with Crippen LogP contribution >= 0.6 is 0 Å². The number of aromatic nitrogens is 1. The lowest BCUT2D eigenvalue weighted by atomic mass is 9.73. The molecule has 1 aromatic heterocycles. The molecule has 3 fully saturated rings. The first kappa shape index (κ1) is 45.2. The van der Waals surface area contributed by atoms with Crippen LogP contribution < -0.4 is 5.32 Å². The van der Waals surface area contributed by atoms with Crippen molar-refractivity contribution < 1.29 is 57.1 Å². The Morgan fingerprint density at radius 2 is 1.79 bits per heavy atom. The quantitative estimate of drug-likeness (QED) is 0.190. The van der Waals surface area contributed by atoms with Gasteiger partial charge >= 0.3 is 12.1 Å². The molecule has 1 amide bonds. The number of hydrogen-bond donors (Lipinski definition) is 2. The van der Waals surface area contributed by atoms with Crippen molar-refractivity contribution in [3.05, 3.63) is 48.2 Å². The van der Waals surface area contributed by atoms with E-state index in [1.165, 1.54) is 21.0 Å². The fourth-order valence-corrected chi connectivity index (χ4v) is 8.82. The molecule has 3 aliphatic heterocycles. The summed E-state index contributed by atoms with van der Waals surface area (Å²) in [5.41, 5.74) is -4.41. The second kappa shape index (κ2) is 18.2. The van der Waals surface area contributed by atoms with Gasteiger partial charge in [0.2, 0.25) is 0 Å². The zero-order chi connectivity index (χ0) is 42.7. The van der Waals surface area contributed by atoms with Gasteiger partial charge in [0, 0.05) is 42.5 Å². The van der Waals surface area contributed by atoms with E-state index in [4.69, 9.17) is 28.4 Å². The predicted molar refractivity (Wildman–Crippen MR) is 212 cm³/mol. The molecule has 13 atom stereocenters. The van der Waals surface area contributed by atoms with Crippen molar-refractivity contribution in [1.29, 1.82) is 0 Å². The van der Waals surface area contributed by atoms with E-state index < -0.39 is 95.3 Å². The molecular weight excluding hydrogens is 753 g/mol. The molecule has 5 rings (SSSR count). The maximum Gasteiger partial charge on any atom is 0.408 e. The third-order valence-corrected chi connectivity index (χ3v) is 12.3. The first-order chi connectivity index (χ1) is 27.3. The number of alkyl carbamates (subject to hydrolysis) is 1. The summed E-state index contributed by atoms with van der Waals surface area (Å²) in [4.78, 5) is 61.0. The Labute approximate surface area is 340 Å². The number of halogens is 1. The molecule has 3 aliphatic rings. The minimum atomic E-state index is -3.19. The van der Waals surface area contributed by atoms with E-state index in [1.54, 1.807) is 33.9 Å². The van der Waals surface area contributed by atoms with Crippen LogP contribution in [0, 0.1) is 17.8 Å². The summed E-state index contributed by atoms with van der Waals surface area (Å²) in [6.07, 6.45) is -0.537. The third-order valence-electron chi connectivity index (χ3n) is 12.3. The average molecular weight is 814 g/mol. The summed E-state index contributed by atoms with van der Waals surface area (Å²) in [6, 6.07) is 8.45. The Hall–Kier alpha value is -3.86. The largest absolute Gasteiger partial charge is 0.455 e. The standard InChI is InChI=1S/C43H60FN3O11/c1-11-32-43(7)35(46-40(52)58-43)25(3)33(48)24(2)21-41(5,53-10)37(26(4)36(50)42(6,44)39(51)56-32)57-38-34(49)31(47(8)9)20-29(55-38)23-54-18-14-15-27-19-28-16-12-13-17-30(28)45-22-27/h12-17,19,22,24-26,29,31-32,34-35,37-38,49H,11,18,20-21,23H2,1-10H3,(H,46,52)/b15-14+/t24-,25+,26+,29?,31?,32-,34?,35-,37-,38+,41-,42+,43-/m1/s1. The number of benzene rings is 1. The fourth-order valence-electron chi connectivity index (χ4n) is 8.82. The van der Waals surface area contributed by atoms with Crippen LogP contribution in [0.3, 0.4) is 0 Å². The molecule has 1 aromatic carbocycles. The molecule has 0 saturated carbocycles. The molecule has 4 heterocycles. The second-order valence-corrected chi connectivity index (χ2v) is 16.8. The lowest BCUT2D eigenvalue weighted by Gasteiger charge is -2.47. The van der Waals surface area contributed by atoms with Gasteiger partial charge < -0.3 is 43.7 Å². The second-order valence-electron chi connectivity index (χ2n) is 16.8. The number of nitrogens with zero attached hydrogens (tertiary/aromatic N) is 2. The van der Waals surface area contributed by atoms with Gasteiger partial charge in [-0.1, -0.05) is 58.0 Å². The predicted octanol–water partition coefficient (Wildman–Crippen LogP) is 4.83. The molecule has 0 spiro atoms. The zero-order valence-electron chi connectivity index (χ0n) is 35.2. The van der Waals surface area contributed by atoms with Gasteiger partial charge in [0.05, 0.1) is 42.6 Å². The summed E-state index contributed by atoms with van der Waals surface area (Å²) < 4.78 is 53.0. The van der Waals surface area contributed by atoms with Gasteiger partial charge in [-0.3, -0.25) is 14.6 Å². The van der Waals surface area contributed by atoms with Gasteiger partial charge in [0.25, 0.3) is 5.67 Å². The SMILES string of the molecule is CC[C@H]1OC(=O)[C@@](C)(F)C(=O)[C@H](C)[C@@H](O[C@@H]2OC(COC/C=C/c3cnc4ccccc4c3)CC(N(C)C)C2O)[C@](C)(OC)C[C@@H](C)C(=O)[C@H](C)[C@H]2NC(=O)O[C@@]21C. The first-order valence-electron chi connectivity index (χ1n) is 20.0. The number of carbonyl (C=O) groups is 4. The molecule has 2 N–H and O–H groups in total. The number of alkyl halides is 1. The number of nitrogens with one attached hydrogen (secondary N) is 1. The number of cyclic esters (lactones) is 1. The Bertz CT molecular complexity index is 1840. The number of likely N-dealkylation sites (N-methyl/N-ethyl adjacent to an activating group) is 1.